The molecule has 1 aliphatic carbocycles. The first-order valence-electron chi connectivity index (χ1n) is 10.1. The van der Waals surface area contributed by atoms with Crippen LogP contribution in [0.15, 0.2) is 30.3 Å². The molecule has 1 saturated heterocycles. The van der Waals surface area contributed by atoms with Crippen LogP contribution in [0.1, 0.15) is 49.2 Å². The van der Waals surface area contributed by atoms with Crippen LogP contribution in [-0.2, 0) is 4.79 Å². The Labute approximate surface area is 171 Å². The van der Waals surface area contributed by atoms with Gasteiger partial charge in [0.2, 0.25) is 5.91 Å². The zero-order valence-electron chi connectivity index (χ0n) is 16.7. The minimum Gasteiger partial charge on any atom is -0.353 e. The first-order valence-corrected chi connectivity index (χ1v) is 10.5. The highest BCUT2D eigenvalue weighted by Crippen LogP contribution is 2.50. The fourth-order valence-corrected chi connectivity index (χ4v) is 4.25. The summed E-state index contributed by atoms with van der Waals surface area (Å²) in [6.07, 6.45) is 0.908. The molecule has 0 N–H and O–H groups in total. The third-order valence-electron chi connectivity index (χ3n) is 5.70. The van der Waals surface area contributed by atoms with Crippen LogP contribution >= 0.6 is 11.6 Å². The third-order valence-corrected chi connectivity index (χ3v) is 6.05. The summed E-state index contributed by atoms with van der Waals surface area (Å²) in [4.78, 5) is 26.5. The average molecular weight is 399 g/mol. The molecule has 1 aliphatic heterocycles. The molecule has 1 aromatic heterocycles. The van der Waals surface area contributed by atoms with Crippen molar-refractivity contribution in [1.29, 1.82) is 0 Å². The SMILES string of the molecule is Cc1cc(N2CCN(C(=O)C3CC3c3ccccc3Cl)CC2)nc(C(C)C)n1. The van der Waals surface area contributed by atoms with Crippen LogP contribution in [0.3, 0.4) is 0 Å². The summed E-state index contributed by atoms with van der Waals surface area (Å²) in [5.74, 6) is 2.79. The van der Waals surface area contributed by atoms with Gasteiger partial charge in [0.25, 0.3) is 0 Å². The van der Waals surface area contributed by atoms with Crippen molar-refractivity contribution < 1.29 is 4.79 Å². The van der Waals surface area contributed by atoms with Gasteiger partial charge in [-0.05, 0) is 30.9 Å². The Bertz CT molecular complexity index is 877. The number of hydrogen-bond donors (Lipinski definition) is 0. The number of amides is 1. The zero-order chi connectivity index (χ0) is 19.8. The Hall–Kier alpha value is -2.14. The van der Waals surface area contributed by atoms with E-state index in [1.54, 1.807) is 0 Å². The van der Waals surface area contributed by atoms with Gasteiger partial charge >= 0.3 is 0 Å². The topological polar surface area (TPSA) is 49.3 Å². The van der Waals surface area contributed by atoms with Gasteiger partial charge in [-0.1, -0.05) is 43.6 Å². The van der Waals surface area contributed by atoms with Crippen LogP contribution in [0.2, 0.25) is 5.02 Å². The molecular weight excluding hydrogens is 372 g/mol. The summed E-state index contributed by atoms with van der Waals surface area (Å²) in [5.41, 5.74) is 2.10. The van der Waals surface area contributed by atoms with Crippen molar-refractivity contribution in [2.45, 2.75) is 39.0 Å². The summed E-state index contributed by atoms with van der Waals surface area (Å²) in [5, 5.41) is 0.771. The van der Waals surface area contributed by atoms with Crippen molar-refractivity contribution in [3.8, 4) is 0 Å². The fourth-order valence-electron chi connectivity index (χ4n) is 3.97. The van der Waals surface area contributed by atoms with Gasteiger partial charge in [-0.3, -0.25) is 4.79 Å². The van der Waals surface area contributed by atoms with Gasteiger partial charge < -0.3 is 9.80 Å². The number of anilines is 1. The number of nitrogens with zero attached hydrogens (tertiary/aromatic N) is 4. The van der Waals surface area contributed by atoms with Crippen LogP contribution in [-0.4, -0.2) is 47.0 Å². The van der Waals surface area contributed by atoms with Crippen molar-refractivity contribution in [3.05, 3.63) is 52.4 Å². The number of benzene rings is 1. The number of aromatic nitrogens is 2. The molecule has 1 amide bonds. The van der Waals surface area contributed by atoms with Crippen LogP contribution in [0.5, 0.6) is 0 Å². The van der Waals surface area contributed by atoms with E-state index >= 15 is 0 Å². The van der Waals surface area contributed by atoms with E-state index in [-0.39, 0.29) is 17.7 Å². The highest BCUT2D eigenvalue weighted by atomic mass is 35.5. The molecule has 2 unspecified atom stereocenters. The quantitative estimate of drug-likeness (QED) is 0.780. The van der Waals surface area contributed by atoms with Crippen LogP contribution < -0.4 is 4.90 Å². The predicted molar refractivity (Wildman–Crippen MR) is 112 cm³/mol. The first kappa shape index (κ1) is 19.2. The Morgan fingerprint density at radius 2 is 1.86 bits per heavy atom. The molecule has 0 spiro atoms. The minimum atomic E-state index is 0.0836. The van der Waals surface area contributed by atoms with Gasteiger partial charge in [0, 0.05) is 54.8 Å². The van der Waals surface area contributed by atoms with Crippen LogP contribution in [0, 0.1) is 12.8 Å². The smallest absolute Gasteiger partial charge is 0.226 e. The molecule has 1 saturated carbocycles. The van der Waals surface area contributed by atoms with E-state index in [1.165, 1.54) is 0 Å². The number of rotatable bonds is 4. The number of carbonyl (C=O) groups excluding carboxylic acids is 1. The average Bonchev–Trinajstić information content (AvgIpc) is 3.48. The fraction of sp³-hybridized carbons (Fsp3) is 0.500. The predicted octanol–water partition coefficient (Wildman–Crippen LogP) is 4.01. The van der Waals surface area contributed by atoms with E-state index in [4.69, 9.17) is 16.6 Å². The van der Waals surface area contributed by atoms with E-state index in [0.717, 1.165) is 60.5 Å². The summed E-state index contributed by atoms with van der Waals surface area (Å²) in [6, 6.07) is 9.92. The van der Waals surface area contributed by atoms with E-state index in [9.17, 15) is 4.79 Å². The molecule has 2 atom stereocenters. The summed E-state index contributed by atoms with van der Waals surface area (Å²) in [6.45, 7) is 9.33. The Morgan fingerprint density at radius 3 is 2.54 bits per heavy atom. The lowest BCUT2D eigenvalue weighted by atomic mass is 10.1. The van der Waals surface area contributed by atoms with Crippen molar-refractivity contribution in [2.75, 3.05) is 31.1 Å². The highest BCUT2D eigenvalue weighted by Gasteiger charge is 2.46. The number of carbonyl (C=O) groups is 1. The molecule has 4 rings (SSSR count). The molecule has 148 valence electrons. The van der Waals surface area contributed by atoms with E-state index in [1.807, 2.05) is 42.2 Å². The van der Waals surface area contributed by atoms with Gasteiger partial charge in [-0.15, -0.1) is 0 Å². The van der Waals surface area contributed by atoms with Gasteiger partial charge in [0.1, 0.15) is 11.6 Å². The molecule has 2 aliphatic rings. The molecular formula is C22H27ClN4O. The van der Waals surface area contributed by atoms with Gasteiger partial charge in [0.05, 0.1) is 0 Å². The Balaban J connectivity index is 1.37. The molecule has 28 heavy (non-hydrogen) atoms. The first-order chi connectivity index (χ1) is 13.4. The Morgan fingerprint density at radius 1 is 1.14 bits per heavy atom. The monoisotopic (exact) mass is 398 g/mol. The minimum absolute atomic E-state index is 0.0836. The number of halogens is 1. The second kappa shape index (κ2) is 7.70. The van der Waals surface area contributed by atoms with Crippen LogP contribution in [0.25, 0.3) is 0 Å². The normalized spacial score (nSPS) is 21.9. The lowest BCUT2D eigenvalue weighted by molar-refractivity contribution is -0.133. The van der Waals surface area contributed by atoms with E-state index in [0.29, 0.717) is 5.92 Å². The number of piperazine rings is 1. The highest BCUT2D eigenvalue weighted by molar-refractivity contribution is 6.31. The zero-order valence-corrected chi connectivity index (χ0v) is 17.5. The Kier molecular flexibility index (Phi) is 5.28. The molecule has 1 aromatic carbocycles. The lowest BCUT2D eigenvalue weighted by Gasteiger charge is -2.36. The molecule has 0 radical (unpaired) electrons. The molecule has 5 nitrogen and oxygen atoms in total. The van der Waals surface area contributed by atoms with Gasteiger partial charge in [-0.2, -0.15) is 0 Å². The van der Waals surface area contributed by atoms with Crippen molar-refractivity contribution >= 4 is 23.3 Å². The van der Waals surface area contributed by atoms with Gasteiger partial charge in [-0.25, -0.2) is 9.97 Å². The molecule has 2 fully saturated rings. The summed E-state index contributed by atoms with van der Waals surface area (Å²) < 4.78 is 0. The number of hydrogen-bond acceptors (Lipinski definition) is 4. The van der Waals surface area contributed by atoms with Crippen molar-refractivity contribution in [1.82, 2.24) is 14.9 Å². The number of aryl methyl sites for hydroxylation is 1. The standard InChI is InChI=1S/C22H27ClN4O/c1-14(2)21-24-15(3)12-20(25-21)26-8-10-27(11-9-26)22(28)18-13-17(18)16-6-4-5-7-19(16)23/h4-7,12,14,17-18H,8-11,13H2,1-3H3. The van der Waals surface area contributed by atoms with E-state index in [2.05, 4.69) is 23.7 Å². The van der Waals surface area contributed by atoms with E-state index < -0.39 is 0 Å². The summed E-state index contributed by atoms with van der Waals surface area (Å²) >= 11 is 6.31. The lowest BCUT2D eigenvalue weighted by Crippen LogP contribution is -2.49. The van der Waals surface area contributed by atoms with Gasteiger partial charge in [0.15, 0.2) is 0 Å². The maximum atomic E-state index is 12.9. The largest absolute Gasteiger partial charge is 0.353 e. The maximum absolute atomic E-state index is 12.9. The van der Waals surface area contributed by atoms with Crippen molar-refractivity contribution in [2.24, 2.45) is 5.92 Å². The molecule has 6 heteroatoms. The molecule has 2 aromatic rings. The third kappa shape index (κ3) is 3.86. The maximum Gasteiger partial charge on any atom is 0.226 e. The second-order valence-corrected chi connectivity index (χ2v) is 8.57. The summed E-state index contributed by atoms with van der Waals surface area (Å²) in [7, 11) is 0. The molecule has 2 heterocycles. The second-order valence-electron chi connectivity index (χ2n) is 8.16. The van der Waals surface area contributed by atoms with Crippen LogP contribution in [0.4, 0.5) is 5.82 Å². The molecule has 0 bridgehead atoms. The van der Waals surface area contributed by atoms with Crippen molar-refractivity contribution in [3.63, 3.8) is 0 Å².